The summed E-state index contributed by atoms with van der Waals surface area (Å²) < 4.78 is 0. The van der Waals surface area contributed by atoms with E-state index in [-0.39, 0.29) is 23.5 Å². The minimum atomic E-state index is -0.530. The number of nitrogens with one attached hydrogen (secondary N) is 1. The summed E-state index contributed by atoms with van der Waals surface area (Å²) in [4.78, 5) is 41.0. The Kier molecular flexibility index (Phi) is 7.52. The highest BCUT2D eigenvalue weighted by molar-refractivity contribution is 6.02. The fraction of sp³-hybridized carbons (Fsp3) is 0.667. The maximum absolute atomic E-state index is 13.7. The lowest BCUT2D eigenvalue weighted by Gasteiger charge is -2.29. The van der Waals surface area contributed by atoms with E-state index in [1.54, 1.807) is 10.4 Å². The molecule has 3 aliphatic rings. The fourth-order valence-electron chi connectivity index (χ4n) is 5.89. The summed E-state index contributed by atoms with van der Waals surface area (Å²) in [6.45, 7) is 2.78. The Labute approximate surface area is 197 Å². The van der Waals surface area contributed by atoms with Crippen molar-refractivity contribution in [2.75, 3.05) is 6.54 Å². The van der Waals surface area contributed by atoms with Crippen molar-refractivity contribution in [2.24, 2.45) is 17.3 Å². The summed E-state index contributed by atoms with van der Waals surface area (Å²) in [7, 11) is 0. The molecule has 2 saturated carbocycles. The van der Waals surface area contributed by atoms with E-state index in [0.717, 1.165) is 51.4 Å². The van der Waals surface area contributed by atoms with Crippen molar-refractivity contribution in [3.05, 3.63) is 35.4 Å². The Morgan fingerprint density at radius 3 is 2.45 bits per heavy atom. The van der Waals surface area contributed by atoms with Crippen LogP contribution < -0.4 is 5.48 Å². The Morgan fingerprint density at radius 1 is 1.15 bits per heavy atom. The third kappa shape index (κ3) is 5.65. The first-order valence-corrected chi connectivity index (χ1v) is 12.8. The van der Waals surface area contributed by atoms with Crippen molar-refractivity contribution in [1.29, 1.82) is 0 Å². The molecule has 2 N–H and O–H groups in total. The van der Waals surface area contributed by atoms with E-state index in [9.17, 15) is 14.4 Å². The molecular weight excluding hydrogens is 416 g/mol. The molecule has 1 saturated heterocycles. The third-order valence-electron chi connectivity index (χ3n) is 8.11. The molecular formula is C27H38N2O4. The van der Waals surface area contributed by atoms with E-state index < -0.39 is 17.9 Å². The number of unbranched alkanes of at least 4 members (excludes halogenated alkanes) is 1. The van der Waals surface area contributed by atoms with Crippen molar-refractivity contribution in [3.8, 4) is 0 Å². The van der Waals surface area contributed by atoms with Gasteiger partial charge in [-0.2, -0.15) is 0 Å². The number of hydrogen-bond donors (Lipinski definition) is 2. The molecule has 4 rings (SSSR count). The van der Waals surface area contributed by atoms with Gasteiger partial charge in [0.2, 0.25) is 11.8 Å². The van der Waals surface area contributed by atoms with Crippen LogP contribution in [0.15, 0.2) is 24.3 Å². The van der Waals surface area contributed by atoms with Crippen molar-refractivity contribution >= 4 is 17.6 Å². The zero-order valence-corrected chi connectivity index (χ0v) is 19.9. The van der Waals surface area contributed by atoms with Gasteiger partial charge in [-0.05, 0) is 55.4 Å². The highest BCUT2D eigenvalue weighted by atomic mass is 16.5. The lowest BCUT2D eigenvalue weighted by molar-refractivity contribution is -0.141. The lowest BCUT2D eigenvalue weighted by atomic mass is 9.89. The van der Waals surface area contributed by atoms with Crippen LogP contribution in [0.5, 0.6) is 0 Å². The van der Waals surface area contributed by atoms with E-state index in [2.05, 4.69) is 6.92 Å². The molecule has 0 aromatic heterocycles. The highest BCUT2D eigenvalue weighted by Crippen LogP contribution is 2.55. The minimum Gasteiger partial charge on any atom is -0.331 e. The van der Waals surface area contributed by atoms with Gasteiger partial charge < -0.3 is 4.90 Å². The van der Waals surface area contributed by atoms with Gasteiger partial charge in [0.05, 0.1) is 6.04 Å². The number of ketones is 1. The number of nitrogens with zero attached hydrogens (tertiary/aromatic N) is 1. The number of hydrogen-bond acceptors (Lipinski definition) is 4. The normalized spacial score (nSPS) is 22.5. The van der Waals surface area contributed by atoms with E-state index in [1.807, 2.05) is 24.3 Å². The van der Waals surface area contributed by atoms with Crippen LogP contribution in [-0.2, 0) is 16.0 Å². The quantitative estimate of drug-likeness (QED) is 0.305. The molecule has 6 nitrogen and oxygen atoms in total. The van der Waals surface area contributed by atoms with Crippen LogP contribution in [0.25, 0.3) is 0 Å². The standard InChI is InChI=1S/C27H38N2O4/c1-2-3-6-19-9-11-21(12-10-19)25(31)23-17-27(13-14-27)18-29(23)26(32)22(16-24(30)28-33)15-20-7-4-5-8-20/h9-12,20,22-23,33H,2-8,13-18H2,1H3,(H,28,30)/t22-,23+/m1/s1. The van der Waals surface area contributed by atoms with Crippen molar-refractivity contribution in [2.45, 2.75) is 90.0 Å². The second-order valence-electron chi connectivity index (χ2n) is 10.7. The second-order valence-corrected chi connectivity index (χ2v) is 10.7. The lowest BCUT2D eigenvalue weighted by Crippen LogP contribution is -2.45. The van der Waals surface area contributed by atoms with Crippen LogP contribution in [0.4, 0.5) is 0 Å². The van der Waals surface area contributed by atoms with Crippen molar-refractivity contribution < 1.29 is 19.6 Å². The molecule has 1 aromatic carbocycles. The molecule has 0 radical (unpaired) electrons. The Bertz CT molecular complexity index is 855. The maximum Gasteiger partial charge on any atom is 0.244 e. The number of rotatable bonds is 10. The number of likely N-dealkylation sites (tertiary alicyclic amines) is 1. The first-order chi connectivity index (χ1) is 15.9. The minimum absolute atomic E-state index is 0.0143. The number of carbonyl (C=O) groups excluding carboxylic acids is 3. The molecule has 1 heterocycles. The second kappa shape index (κ2) is 10.4. The van der Waals surface area contributed by atoms with E-state index in [0.29, 0.717) is 24.4 Å². The zero-order valence-electron chi connectivity index (χ0n) is 19.9. The van der Waals surface area contributed by atoms with Gasteiger partial charge in [-0.15, -0.1) is 0 Å². The molecule has 3 fully saturated rings. The molecule has 1 spiro atoms. The smallest absolute Gasteiger partial charge is 0.244 e. The third-order valence-corrected chi connectivity index (χ3v) is 8.11. The molecule has 2 atom stereocenters. The maximum atomic E-state index is 13.7. The van der Waals surface area contributed by atoms with E-state index in [4.69, 9.17) is 5.21 Å². The first kappa shape index (κ1) is 23.9. The van der Waals surface area contributed by atoms with Crippen LogP contribution in [-0.4, -0.2) is 40.3 Å². The molecule has 2 amide bonds. The highest BCUT2D eigenvalue weighted by Gasteiger charge is 2.55. The largest absolute Gasteiger partial charge is 0.331 e. The molecule has 33 heavy (non-hydrogen) atoms. The number of carbonyl (C=O) groups is 3. The SMILES string of the molecule is CCCCc1ccc(C(=O)[C@@H]2CC3(CC3)CN2C(=O)[C@@H](CC(=O)NO)CC2CCCC2)cc1. The average Bonchev–Trinajstić information content (AvgIpc) is 3.21. The van der Waals surface area contributed by atoms with Crippen LogP contribution in [0.1, 0.15) is 93.5 Å². The van der Waals surface area contributed by atoms with E-state index in [1.165, 1.54) is 18.4 Å². The topological polar surface area (TPSA) is 86.7 Å². The molecule has 180 valence electrons. The number of amides is 2. The summed E-state index contributed by atoms with van der Waals surface area (Å²) in [5, 5.41) is 9.07. The summed E-state index contributed by atoms with van der Waals surface area (Å²) >= 11 is 0. The van der Waals surface area contributed by atoms with Gasteiger partial charge in [0.1, 0.15) is 0 Å². The molecule has 6 heteroatoms. The zero-order chi connectivity index (χ0) is 23.4. The van der Waals surface area contributed by atoms with Crippen LogP contribution in [0, 0.1) is 17.3 Å². The fourth-order valence-corrected chi connectivity index (χ4v) is 5.89. The van der Waals surface area contributed by atoms with Gasteiger partial charge >= 0.3 is 0 Å². The predicted molar refractivity (Wildman–Crippen MR) is 126 cm³/mol. The monoisotopic (exact) mass is 454 g/mol. The first-order valence-electron chi connectivity index (χ1n) is 12.8. The summed E-state index contributed by atoms with van der Waals surface area (Å²) in [5.41, 5.74) is 3.67. The average molecular weight is 455 g/mol. The predicted octanol–water partition coefficient (Wildman–Crippen LogP) is 4.69. The number of benzene rings is 1. The number of aryl methyl sites for hydroxylation is 1. The van der Waals surface area contributed by atoms with Gasteiger partial charge in [-0.25, -0.2) is 5.48 Å². The summed E-state index contributed by atoms with van der Waals surface area (Å²) in [6, 6.07) is 7.42. The van der Waals surface area contributed by atoms with Crippen molar-refractivity contribution in [1.82, 2.24) is 10.4 Å². The van der Waals surface area contributed by atoms with E-state index >= 15 is 0 Å². The molecule has 0 bridgehead atoms. The van der Waals surface area contributed by atoms with Gasteiger partial charge in [0, 0.05) is 24.4 Å². The van der Waals surface area contributed by atoms with Crippen molar-refractivity contribution in [3.63, 3.8) is 0 Å². The summed E-state index contributed by atoms with van der Waals surface area (Å²) in [5.74, 6) is -0.654. The van der Waals surface area contributed by atoms with Gasteiger partial charge in [0.15, 0.2) is 5.78 Å². The van der Waals surface area contributed by atoms with Crippen LogP contribution in [0.2, 0.25) is 0 Å². The summed E-state index contributed by atoms with van der Waals surface area (Å²) in [6.07, 6.45) is 11.2. The molecule has 2 aliphatic carbocycles. The molecule has 0 unspecified atom stereocenters. The number of hydroxylamine groups is 1. The van der Waals surface area contributed by atoms with Crippen LogP contribution >= 0.6 is 0 Å². The number of Topliss-reactive ketones (excluding diaryl/α,β-unsaturated/α-hetero) is 1. The Balaban J connectivity index is 1.51. The Hall–Kier alpha value is -2.21. The van der Waals surface area contributed by atoms with Gasteiger partial charge in [0.25, 0.3) is 0 Å². The van der Waals surface area contributed by atoms with Gasteiger partial charge in [-0.3, -0.25) is 19.6 Å². The Morgan fingerprint density at radius 2 is 1.85 bits per heavy atom. The molecule has 1 aromatic rings. The van der Waals surface area contributed by atoms with Gasteiger partial charge in [-0.1, -0.05) is 63.3 Å². The molecule has 1 aliphatic heterocycles. The van der Waals surface area contributed by atoms with Crippen LogP contribution in [0.3, 0.4) is 0 Å².